The molecule has 2 aromatic rings. The number of quaternary nitrogens is 1. The van der Waals surface area contributed by atoms with E-state index in [1.54, 1.807) is 7.11 Å². The van der Waals surface area contributed by atoms with Crippen LogP contribution >= 0.6 is 0 Å². The highest BCUT2D eigenvalue weighted by Crippen LogP contribution is 2.29. The van der Waals surface area contributed by atoms with Crippen LogP contribution in [0.4, 0.5) is 0 Å². The molecule has 0 atom stereocenters. The molecule has 0 heterocycles. The van der Waals surface area contributed by atoms with Gasteiger partial charge in [-0.3, -0.25) is 4.79 Å². The largest absolute Gasteiger partial charge is 1.00 e. The van der Waals surface area contributed by atoms with E-state index >= 15 is 0 Å². The van der Waals surface area contributed by atoms with Crippen molar-refractivity contribution < 1.29 is 38.0 Å². The van der Waals surface area contributed by atoms with Gasteiger partial charge in [-0.2, -0.15) is 0 Å². The first-order valence-electron chi connectivity index (χ1n) is 6.82. The average molecular weight is 399 g/mol. The summed E-state index contributed by atoms with van der Waals surface area (Å²) in [5.74, 6) is 0.807. The van der Waals surface area contributed by atoms with Gasteiger partial charge in [0.1, 0.15) is 5.75 Å². The summed E-state index contributed by atoms with van der Waals surface area (Å²) in [6, 6.07) is 11.8. The molecule has 0 unspecified atom stereocenters. The minimum absolute atomic E-state index is 0. The highest BCUT2D eigenvalue weighted by atomic mass is 127. The van der Waals surface area contributed by atoms with Crippen LogP contribution in [0, 0.1) is 0 Å². The zero-order chi connectivity index (χ0) is 14.8. The number of ether oxygens (including phenoxy) is 1. The molecule has 0 fully saturated rings. The number of halogens is 1. The smallest absolute Gasteiger partial charge is 0.172 e. The van der Waals surface area contributed by atoms with Crippen LogP contribution < -0.4 is 28.7 Å². The van der Waals surface area contributed by atoms with Crippen molar-refractivity contribution in [1.82, 2.24) is 0 Å². The lowest BCUT2D eigenvalue weighted by atomic mass is 9.98. The minimum Gasteiger partial charge on any atom is -1.00 e. The molecule has 0 aliphatic carbocycles. The van der Waals surface area contributed by atoms with Gasteiger partial charge in [0.25, 0.3) is 0 Å². The molecule has 2 rings (SSSR count). The highest BCUT2D eigenvalue weighted by Gasteiger charge is 2.18. The van der Waals surface area contributed by atoms with Gasteiger partial charge >= 0.3 is 0 Å². The van der Waals surface area contributed by atoms with Crippen LogP contribution in [0.25, 0.3) is 10.8 Å². The van der Waals surface area contributed by atoms with Gasteiger partial charge in [0, 0.05) is 0 Å². The summed E-state index contributed by atoms with van der Waals surface area (Å²) >= 11 is 0. The highest BCUT2D eigenvalue weighted by molar-refractivity contribution is 6.10. The molecule has 114 valence electrons. The van der Waals surface area contributed by atoms with Gasteiger partial charge in [-0.15, -0.1) is 0 Å². The van der Waals surface area contributed by atoms with Crippen molar-refractivity contribution in [3.05, 3.63) is 42.0 Å². The van der Waals surface area contributed by atoms with E-state index in [0.29, 0.717) is 17.7 Å². The predicted molar refractivity (Wildman–Crippen MR) is 82.3 cm³/mol. The number of ketones is 1. The van der Waals surface area contributed by atoms with Crippen molar-refractivity contribution in [1.29, 1.82) is 0 Å². The maximum Gasteiger partial charge on any atom is 0.172 e. The fourth-order valence-corrected chi connectivity index (χ4v) is 2.27. The van der Waals surface area contributed by atoms with Crippen LogP contribution in [0.15, 0.2) is 36.4 Å². The van der Waals surface area contributed by atoms with Gasteiger partial charge < -0.3 is 33.2 Å². The molecular formula is C17H22INO2. The van der Waals surface area contributed by atoms with E-state index in [-0.39, 0.29) is 29.8 Å². The van der Waals surface area contributed by atoms with Crippen LogP contribution in [0.2, 0.25) is 0 Å². The van der Waals surface area contributed by atoms with Gasteiger partial charge in [0.05, 0.1) is 46.8 Å². The standard InChI is InChI=1S/C17H22NO2.HI/c1-18(2,3)12-11-15(19)17-14-8-6-5-7-13(14)9-10-16(17)20-4;/h5-10H,11-12H2,1-4H3;1H/q+1;/p-1. The number of rotatable bonds is 5. The molecule has 3 nitrogen and oxygen atoms in total. The fraction of sp³-hybridized carbons (Fsp3) is 0.353. The summed E-state index contributed by atoms with van der Waals surface area (Å²) in [6.45, 7) is 0.811. The zero-order valence-corrected chi connectivity index (χ0v) is 15.2. The number of benzene rings is 2. The number of nitrogens with zero attached hydrogens (tertiary/aromatic N) is 1. The molecule has 0 saturated heterocycles. The van der Waals surface area contributed by atoms with Crippen molar-refractivity contribution in [2.45, 2.75) is 6.42 Å². The van der Waals surface area contributed by atoms with Crippen molar-refractivity contribution in [3.8, 4) is 5.75 Å². The van der Waals surface area contributed by atoms with Gasteiger partial charge in [-0.25, -0.2) is 0 Å². The Morgan fingerprint density at radius 1 is 1.10 bits per heavy atom. The van der Waals surface area contributed by atoms with Gasteiger partial charge in [-0.1, -0.05) is 30.3 Å². The number of Topliss-reactive ketones (excluding diaryl/α,β-unsaturated/α-hetero) is 1. The average Bonchev–Trinajstić information content (AvgIpc) is 2.42. The number of hydrogen-bond donors (Lipinski definition) is 0. The molecule has 0 saturated carbocycles. The lowest BCUT2D eigenvalue weighted by molar-refractivity contribution is -0.869. The lowest BCUT2D eigenvalue weighted by Crippen LogP contribution is -3.00. The molecule has 0 amide bonds. The van der Waals surface area contributed by atoms with E-state index in [9.17, 15) is 4.79 Å². The number of methoxy groups -OCH3 is 1. The second-order valence-corrected chi connectivity index (χ2v) is 6.05. The van der Waals surface area contributed by atoms with Crippen molar-refractivity contribution >= 4 is 16.6 Å². The molecule has 21 heavy (non-hydrogen) atoms. The zero-order valence-electron chi connectivity index (χ0n) is 13.0. The minimum atomic E-state index is 0. The second kappa shape index (κ2) is 7.22. The number of carbonyl (C=O) groups excluding carboxylic acids is 1. The summed E-state index contributed by atoms with van der Waals surface area (Å²) in [4.78, 5) is 12.6. The SMILES string of the molecule is COc1ccc2ccccc2c1C(=O)CC[N+](C)(C)C.[I-]. The third kappa shape index (κ3) is 4.41. The molecule has 2 aromatic carbocycles. The maximum absolute atomic E-state index is 12.6. The van der Waals surface area contributed by atoms with E-state index < -0.39 is 0 Å². The normalized spacial score (nSPS) is 11.0. The summed E-state index contributed by atoms with van der Waals surface area (Å²) in [5, 5.41) is 2.04. The topological polar surface area (TPSA) is 26.3 Å². The van der Waals surface area contributed by atoms with Gasteiger partial charge in [0.2, 0.25) is 0 Å². The van der Waals surface area contributed by atoms with E-state index in [1.165, 1.54) is 0 Å². The van der Waals surface area contributed by atoms with Crippen LogP contribution in [-0.2, 0) is 0 Å². The third-order valence-electron chi connectivity index (χ3n) is 3.40. The molecule has 0 bridgehead atoms. The third-order valence-corrected chi connectivity index (χ3v) is 3.40. The Labute approximate surface area is 143 Å². The number of carbonyl (C=O) groups is 1. The first kappa shape index (κ1) is 17.9. The maximum atomic E-state index is 12.6. The van der Waals surface area contributed by atoms with Crippen molar-refractivity contribution in [3.63, 3.8) is 0 Å². The quantitative estimate of drug-likeness (QED) is 0.406. The van der Waals surface area contributed by atoms with Crippen molar-refractivity contribution in [2.24, 2.45) is 0 Å². The predicted octanol–water partition coefficient (Wildman–Crippen LogP) is 0.131. The molecule has 0 spiro atoms. The van der Waals surface area contributed by atoms with Crippen LogP contribution in [0.1, 0.15) is 16.8 Å². The van der Waals surface area contributed by atoms with Crippen LogP contribution in [-0.4, -0.2) is 45.1 Å². The Bertz CT molecular complexity index is 632. The molecule has 0 aliphatic rings. The molecule has 0 aliphatic heterocycles. The first-order chi connectivity index (χ1) is 9.42. The summed E-state index contributed by atoms with van der Waals surface area (Å²) < 4.78 is 6.16. The second-order valence-electron chi connectivity index (χ2n) is 6.05. The Morgan fingerprint density at radius 3 is 2.38 bits per heavy atom. The monoisotopic (exact) mass is 399 g/mol. The first-order valence-corrected chi connectivity index (χ1v) is 6.82. The van der Waals surface area contributed by atoms with Gasteiger partial charge in [0.15, 0.2) is 5.78 Å². The van der Waals surface area contributed by atoms with E-state index in [4.69, 9.17) is 4.74 Å². The Kier molecular flexibility index (Phi) is 6.16. The summed E-state index contributed by atoms with van der Waals surface area (Å²) in [7, 11) is 7.88. The molecule has 0 radical (unpaired) electrons. The fourth-order valence-electron chi connectivity index (χ4n) is 2.27. The number of fused-ring (bicyclic) bond motifs is 1. The van der Waals surface area contributed by atoms with E-state index in [1.807, 2.05) is 36.4 Å². The lowest BCUT2D eigenvalue weighted by Gasteiger charge is -2.23. The van der Waals surface area contributed by atoms with Crippen LogP contribution in [0.5, 0.6) is 5.75 Å². The summed E-state index contributed by atoms with van der Waals surface area (Å²) in [5.41, 5.74) is 0.707. The number of hydrogen-bond acceptors (Lipinski definition) is 2. The Morgan fingerprint density at radius 2 is 1.76 bits per heavy atom. The van der Waals surface area contributed by atoms with E-state index in [2.05, 4.69) is 21.1 Å². The molecule has 0 aromatic heterocycles. The summed E-state index contributed by atoms with van der Waals surface area (Å²) in [6.07, 6.45) is 0.522. The van der Waals surface area contributed by atoms with Crippen molar-refractivity contribution in [2.75, 3.05) is 34.8 Å². The molecular weight excluding hydrogens is 377 g/mol. The van der Waals surface area contributed by atoms with Crippen LogP contribution in [0.3, 0.4) is 0 Å². The van der Waals surface area contributed by atoms with E-state index in [0.717, 1.165) is 21.8 Å². The Hall–Kier alpha value is -1.14. The van der Waals surface area contributed by atoms with Gasteiger partial charge in [-0.05, 0) is 16.8 Å². The molecule has 4 heteroatoms. The molecule has 0 N–H and O–H groups in total. The Balaban J connectivity index is 0.00000220.